The smallest absolute Gasteiger partial charge is 0.373 e. The van der Waals surface area contributed by atoms with Crippen molar-refractivity contribution in [2.45, 2.75) is 25.1 Å². The average molecular weight is 291 g/mol. The molecule has 0 aromatic heterocycles. The number of rotatable bonds is 3. The Balaban J connectivity index is 2.32. The lowest BCUT2D eigenvalue weighted by atomic mass is 9.88. The Hall–Kier alpha value is -1.14. The molecule has 1 fully saturated rings. The summed E-state index contributed by atoms with van der Waals surface area (Å²) in [6.45, 7) is 1.12. The van der Waals surface area contributed by atoms with E-state index in [1.54, 1.807) is 7.05 Å². The number of hydrogen-bond donors (Lipinski definition) is 1. The van der Waals surface area contributed by atoms with Gasteiger partial charge in [-0.2, -0.15) is 13.2 Å². The summed E-state index contributed by atoms with van der Waals surface area (Å²) in [6.07, 6.45) is -3.33. The van der Waals surface area contributed by atoms with Gasteiger partial charge in [0.15, 0.2) is 0 Å². The fraction of sp³-hybridized carbons (Fsp3) is 0.571. The minimum Gasteiger partial charge on any atom is -0.373 e. The molecule has 0 aliphatic carbocycles. The van der Waals surface area contributed by atoms with Gasteiger partial charge < -0.3 is 10.1 Å². The Bertz CT molecular complexity index is 459. The molecule has 1 aromatic rings. The molecule has 1 aliphatic rings. The maximum Gasteiger partial charge on any atom is 0.416 e. The maximum absolute atomic E-state index is 13.5. The van der Waals surface area contributed by atoms with Crippen molar-refractivity contribution in [1.29, 1.82) is 0 Å². The molecule has 1 aliphatic heterocycles. The second kappa shape index (κ2) is 6.10. The molecule has 0 saturated carbocycles. The van der Waals surface area contributed by atoms with E-state index < -0.39 is 23.7 Å². The SMILES string of the molecule is CNCC1CCCOC1c1cc(F)cc(C(F)(F)F)c1. The van der Waals surface area contributed by atoms with E-state index in [0.717, 1.165) is 25.0 Å². The van der Waals surface area contributed by atoms with E-state index in [0.29, 0.717) is 19.2 Å². The lowest BCUT2D eigenvalue weighted by molar-refractivity contribution is -0.138. The summed E-state index contributed by atoms with van der Waals surface area (Å²) in [7, 11) is 1.78. The van der Waals surface area contributed by atoms with Gasteiger partial charge in [-0.3, -0.25) is 0 Å². The zero-order valence-electron chi connectivity index (χ0n) is 11.1. The third-order valence-electron chi connectivity index (χ3n) is 3.49. The van der Waals surface area contributed by atoms with Crippen molar-refractivity contribution in [3.05, 3.63) is 35.1 Å². The molecule has 2 atom stereocenters. The molecule has 112 valence electrons. The van der Waals surface area contributed by atoms with Crippen LogP contribution < -0.4 is 5.32 Å². The number of ether oxygens (including phenoxy) is 1. The summed E-state index contributed by atoms with van der Waals surface area (Å²) in [5.74, 6) is -0.830. The van der Waals surface area contributed by atoms with Crippen molar-refractivity contribution < 1.29 is 22.3 Å². The molecule has 0 spiro atoms. The lowest BCUT2D eigenvalue weighted by Crippen LogP contribution is -2.30. The molecule has 6 heteroatoms. The molecule has 0 radical (unpaired) electrons. The van der Waals surface area contributed by atoms with E-state index in [-0.39, 0.29) is 11.5 Å². The van der Waals surface area contributed by atoms with Crippen molar-refractivity contribution in [1.82, 2.24) is 5.32 Å². The standard InChI is InChI=1S/C14H17F4NO/c1-19-8-9-3-2-4-20-13(9)10-5-11(14(16,17)18)7-12(15)6-10/h5-7,9,13,19H,2-4,8H2,1H3. The highest BCUT2D eigenvalue weighted by molar-refractivity contribution is 5.29. The molecule has 2 nitrogen and oxygen atoms in total. The molecule has 1 aromatic carbocycles. The molecule has 1 heterocycles. The highest BCUT2D eigenvalue weighted by Crippen LogP contribution is 2.37. The van der Waals surface area contributed by atoms with Gasteiger partial charge in [0.1, 0.15) is 5.82 Å². The van der Waals surface area contributed by atoms with E-state index in [1.807, 2.05) is 0 Å². The van der Waals surface area contributed by atoms with E-state index in [2.05, 4.69) is 5.32 Å². The summed E-state index contributed by atoms with van der Waals surface area (Å²) in [5.41, 5.74) is -0.706. The first kappa shape index (κ1) is 15.3. The third-order valence-corrected chi connectivity index (χ3v) is 3.49. The fourth-order valence-electron chi connectivity index (χ4n) is 2.62. The number of alkyl halides is 3. The predicted molar refractivity (Wildman–Crippen MR) is 66.7 cm³/mol. The van der Waals surface area contributed by atoms with Gasteiger partial charge >= 0.3 is 6.18 Å². The van der Waals surface area contributed by atoms with E-state index >= 15 is 0 Å². The first-order chi connectivity index (χ1) is 9.41. The van der Waals surface area contributed by atoms with Crippen molar-refractivity contribution in [3.63, 3.8) is 0 Å². The van der Waals surface area contributed by atoms with Crippen LogP contribution >= 0.6 is 0 Å². The van der Waals surface area contributed by atoms with Crippen LogP contribution in [-0.4, -0.2) is 20.2 Å². The Labute approximate surface area is 115 Å². The minimum atomic E-state index is -4.55. The Morgan fingerprint density at radius 2 is 2.05 bits per heavy atom. The van der Waals surface area contributed by atoms with Crippen molar-refractivity contribution in [3.8, 4) is 0 Å². The van der Waals surface area contributed by atoms with Gasteiger partial charge in [-0.25, -0.2) is 4.39 Å². The quantitative estimate of drug-likeness (QED) is 0.860. The highest BCUT2D eigenvalue weighted by Gasteiger charge is 2.34. The average Bonchev–Trinajstić information content (AvgIpc) is 2.38. The van der Waals surface area contributed by atoms with Crippen LogP contribution in [0, 0.1) is 11.7 Å². The van der Waals surface area contributed by atoms with Crippen molar-refractivity contribution in [2.75, 3.05) is 20.2 Å². The predicted octanol–water partition coefficient (Wildman–Crippen LogP) is 3.53. The molecular weight excluding hydrogens is 274 g/mol. The van der Waals surface area contributed by atoms with Crippen molar-refractivity contribution >= 4 is 0 Å². The second-order valence-corrected chi connectivity index (χ2v) is 5.02. The van der Waals surface area contributed by atoms with Crippen LogP contribution in [-0.2, 0) is 10.9 Å². The molecule has 0 amide bonds. The molecular formula is C14H17F4NO. The van der Waals surface area contributed by atoms with Gasteiger partial charge in [-0.05, 0) is 43.7 Å². The van der Waals surface area contributed by atoms with Crippen molar-refractivity contribution in [2.24, 2.45) is 5.92 Å². The summed E-state index contributed by atoms with van der Waals surface area (Å²) in [6, 6.07) is 2.63. The lowest BCUT2D eigenvalue weighted by Gasteiger charge is -2.32. The van der Waals surface area contributed by atoms with Crippen LogP contribution in [0.5, 0.6) is 0 Å². The first-order valence-electron chi connectivity index (χ1n) is 6.55. The zero-order valence-corrected chi connectivity index (χ0v) is 11.1. The van der Waals surface area contributed by atoms with Gasteiger partial charge in [-0.15, -0.1) is 0 Å². The van der Waals surface area contributed by atoms with E-state index in [4.69, 9.17) is 4.74 Å². The van der Waals surface area contributed by atoms with Crippen LogP contribution in [0.1, 0.15) is 30.1 Å². The molecule has 0 bridgehead atoms. The summed E-state index contributed by atoms with van der Waals surface area (Å²) < 4.78 is 57.3. The number of benzene rings is 1. The van der Waals surface area contributed by atoms with Crippen LogP contribution in [0.3, 0.4) is 0 Å². The van der Waals surface area contributed by atoms with Gasteiger partial charge in [0.05, 0.1) is 11.7 Å². The van der Waals surface area contributed by atoms with Gasteiger partial charge in [-0.1, -0.05) is 0 Å². The third kappa shape index (κ3) is 3.49. The van der Waals surface area contributed by atoms with Crippen LogP contribution in [0.15, 0.2) is 18.2 Å². The van der Waals surface area contributed by atoms with Crippen LogP contribution in [0.25, 0.3) is 0 Å². The Kier molecular flexibility index (Phi) is 4.65. The topological polar surface area (TPSA) is 21.3 Å². The summed E-state index contributed by atoms with van der Waals surface area (Å²) in [5, 5.41) is 3.00. The fourth-order valence-corrected chi connectivity index (χ4v) is 2.62. The van der Waals surface area contributed by atoms with Gasteiger partial charge in [0.2, 0.25) is 0 Å². The Morgan fingerprint density at radius 3 is 2.70 bits per heavy atom. The first-order valence-corrected chi connectivity index (χ1v) is 6.55. The largest absolute Gasteiger partial charge is 0.416 e. The summed E-state index contributed by atoms with van der Waals surface area (Å²) in [4.78, 5) is 0. The van der Waals surface area contributed by atoms with Gasteiger partial charge in [0.25, 0.3) is 0 Å². The minimum absolute atomic E-state index is 0.0524. The van der Waals surface area contributed by atoms with E-state index in [9.17, 15) is 17.6 Å². The highest BCUT2D eigenvalue weighted by atomic mass is 19.4. The molecule has 2 unspecified atom stereocenters. The monoisotopic (exact) mass is 291 g/mol. The normalized spacial score (nSPS) is 23.9. The summed E-state index contributed by atoms with van der Waals surface area (Å²) >= 11 is 0. The number of halogens is 4. The molecule has 2 rings (SSSR count). The number of nitrogens with one attached hydrogen (secondary N) is 1. The van der Waals surface area contributed by atoms with Crippen LogP contribution in [0.4, 0.5) is 17.6 Å². The molecule has 20 heavy (non-hydrogen) atoms. The Morgan fingerprint density at radius 1 is 1.30 bits per heavy atom. The molecule has 1 saturated heterocycles. The van der Waals surface area contributed by atoms with Crippen LogP contribution in [0.2, 0.25) is 0 Å². The maximum atomic E-state index is 13.5. The van der Waals surface area contributed by atoms with Gasteiger partial charge in [0, 0.05) is 19.1 Å². The second-order valence-electron chi connectivity index (χ2n) is 5.02. The van der Waals surface area contributed by atoms with E-state index in [1.165, 1.54) is 0 Å². The number of hydrogen-bond acceptors (Lipinski definition) is 2. The molecule has 1 N–H and O–H groups in total. The zero-order chi connectivity index (χ0) is 14.8.